The highest BCUT2D eigenvalue weighted by atomic mass is 19.1. The van der Waals surface area contributed by atoms with Crippen molar-refractivity contribution in [1.82, 2.24) is 9.88 Å². The molecule has 2 saturated heterocycles. The molecule has 5 nitrogen and oxygen atoms in total. The minimum absolute atomic E-state index is 0.0359. The number of pyridine rings is 1. The van der Waals surface area contributed by atoms with Crippen LogP contribution in [0.15, 0.2) is 42.6 Å². The first-order valence-electron chi connectivity index (χ1n) is 10.2. The molecule has 2 aliphatic rings. The maximum atomic E-state index is 14.0. The Labute approximate surface area is 165 Å². The molecular weight excluding hydrogens is 355 g/mol. The number of likely N-dealkylation sites (tertiary alicyclic amines) is 1. The lowest BCUT2D eigenvalue weighted by Crippen LogP contribution is -2.47. The molecule has 6 heteroatoms. The minimum atomic E-state index is -0.176. The first-order chi connectivity index (χ1) is 13.7. The van der Waals surface area contributed by atoms with Crippen LogP contribution in [0, 0.1) is 5.82 Å². The van der Waals surface area contributed by atoms with Gasteiger partial charge in [0.25, 0.3) is 5.91 Å². The van der Waals surface area contributed by atoms with Gasteiger partial charge in [-0.05, 0) is 37.1 Å². The van der Waals surface area contributed by atoms with Crippen molar-refractivity contribution < 1.29 is 9.18 Å². The fraction of sp³-hybridized carbons (Fsp3) is 0.455. The summed E-state index contributed by atoms with van der Waals surface area (Å²) in [7, 11) is 0. The van der Waals surface area contributed by atoms with E-state index in [1.807, 2.05) is 29.2 Å². The number of carbonyl (C=O) groups is 1. The SMILES string of the molecule is O=C(c1cc(N2CCN(c3ccccc3F)CC2)ccn1)N1CCCCCC1. The third-order valence-corrected chi connectivity index (χ3v) is 5.69. The molecule has 0 atom stereocenters. The molecule has 0 aliphatic carbocycles. The summed E-state index contributed by atoms with van der Waals surface area (Å²) in [4.78, 5) is 23.5. The van der Waals surface area contributed by atoms with Gasteiger partial charge in [0, 0.05) is 51.2 Å². The highest BCUT2D eigenvalue weighted by molar-refractivity contribution is 5.93. The van der Waals surface area contributed by atoms with Crippen molar-refractivity contribution in [2.24, 2.45) is 0 Å². The predicted molar refractivity (Wildman–Crippen MR) is 109 cm³/mol. The molecule has 0 radical (unpaired) electrons. The van der Waals surface area contributed by atoms with E-state index in [-0.39, 0.29) is 11.7 Å². The van der Waals surface area contributed by atoms with Gasteiger partial charge in [-0.3, -0.25) is 9.78 Å². The summed E-state index contributed by atoms with van der Waals surface area (Å²) in [5.74, 6) is -0.140. The molecule has 1 amide bonds. The molecule has 148 valence electrons. The van der Waals surface area contributed by atoms with Crippen LogP contribution >= 0.6 is 0 Å². The molecular formula is C22H27FN4O. The second-order valence-corrected chi connectivity index (χ2v) is 7.53. The maximum absolute atomic E-state index is 14.0. The standard InChI is InChI=1S/C22H27FN4O/c23-19-7-3-4-8-21(19)26-15-13-25(14-16-26)18-9-10-24-20(17-18)22(28)27-11-5-1-2-6-12-27/h3-4,7-10,17H,1-2,5-6,11-16H2. The fourth-order valence-electron chi connectivity index (χ4n) is 4.08. The van der Waals surface area contributed by atoms with Crippen LogP contribution in [0.1, 0.15) is 36.2 Å². The van der Waals surface area contributed by atoms with E-state index in [1.165, 1.54) is 18.9 Å². The lowest BCUT2D eigenvalue weighted by atomic mass is 10.2. The Kier molecular flexibility index (Phi) is 5.74. The zero-order valence-electron chi connectivity index (χ0n) is 16.2. The van der Waals surface area contributed by atoms with Crippen LogP contribution in [-0.2, 0) is 0 Å². The number of piperazine rings is 1. The Morgan fingerprint density at radius 3 is 2.25 bits per heavy atom. The average Bonchev–Trinajstić information content (AvgIpc) is 3.03. The van der Waals surface area contributed by atoms with Crippen molar-refractivity contribution in [2.75, 3.05) is 49.1 Å². The smallest absolute Gasteiger partial charge is 0.272 e. The Morgan fingerprint density at radius 2 is 1.54 bits per heavy atom. The molecule has 1 aromatic heterocycles. The van der Waals surface area contributed by atoms with Crippen molar-refractivity contribution in [3.05, 3.63) is 54.1 Å². The number of nitrogens with zero attached hydrogens (tertiary/aromatic N) is 4. The number of hydrogen-bond donors (Lipinski definition) is 0. The van der Waals surface area contributed by atoms with Crippen LogP contribution in [0.2, 0.25) is 0 Å². The van der Waals surface area contributed by atoms with Crippen LogP contribution < -0.4 is 9.80 Å². The van der Waals surface area contributed by atoms with Crippen LogP contribution in [0.5, 0.6) is 0 Å². The van der Waals surface area contributed by atoms with Crippen molar-refractivity contribution in [3.63, 3.8) is 0 Å². The summed E-state index contributed by atoms with van der Waals surface area (Å²) in [5, 5.41) is 0. The Morgan fingerprint density at radius 1 is 0.857 bits per heavy atom. The summed E-state index contributed by atoms with van der Waals surface area (Å²) in [6.45, 7) is 4.72. The van der Waals surface area contributed by atoms with E-state index in [0.717, 1.165) is 57.8 Å². The third-order valence-electron chi connectivity index (χ3n) is 5.69. The first kappa shape index (κ1) is 18.7. The van der Waals surface area contributed by atoms with Crippen molar-refractivity contribution >= 4 is 17.3 Å². The number of amides is 1. The normalized spacial score (nSPS) is 18.1. The fourth-order valence-corrected chi connectivity index (χ4v) is 4.08. The van der Waals surface area contributed by atoms with Gasteiger partial charge in [-0.25, -0.2) is 4.39 Å². The van der Waals surface area contributed by atoms with Crippen LogP contribution in [0.25, 0.3) is 0 Å². The van der Waals surface area contributed by atoms with Crippen molar-refractivity contribution in [3.8, 4) is 0 Å². The van der Waals surface area contributed by atoms with Crippen LogP contribution in [0.4, 0.5) is 15.8 Å². The Hall–Kier alpha value is -2.63. The highest BCUT2D eigenvalue weighted by Gasteiger charge is 2.22. The zero-order valence-corrected chi connectivity index (χ0v) is 16.2. The molecule has 28 heavy (non-hydrogen) atoms. The van der Waals surface area contributed by atoms with Gasteiger partial charge < -0.3 is 14.7 Å². The van der Waals surface area contributed by atoms with Gasteiger partial charge in [0.05, 0.1) is 5.69 Å². The van der Waals surface area contributed by atoms with Gasteiger partial charge in [-0.15, -0.1) is 0 Å². The number of anilines is 2. The first-order valence-corrected chi connectivity index (χ1v) is 10.2. The molecule has 0 N–H and O–H groups in total. The van der Waals surface area contributed by atoms with Crippen LogP contribution in [-0.4, -0.2) is 55.1 Å². The van der Waals surface area contributed by atoms with E-state index in [1.54, 1.807) is 12.3 Å². The number of hydrogen-bond acceptors (Lipinski definition) is 4. The molecule has 0 bridgehead atoms. The number of carbonyl (C=O) groups excluding carboxylic acids is 1. The average molecular weight is 382 g/mol. The Bertz CT molecular complexity index is 812. The monoisotopic (exact) mass is 382 g/mol. The third kappa shape index (κ3) is 4.11. The summed E-state index contributed by atoms with van der Waals surface area (Å²) < 4.78 is 14.0. The van der Waals surface area contributed by atoms with E-state index in [2.05, 4.69) is 14.8 Å². The lowest BCUT2D eigenvalue weighted by Gasteiger charge is -2.37. The second kappa shape index (κ2) is 8.59. The van der Waals surface area contributed by atoms with Crippen LogP contribution in [0.3, 0.4) is 0 Å². The minimum Gasteiger partial charge on any atom is -0.368 e. The molecule has 0 saturated carbocycles. The largest absolute Gasteiger partial charge is 0.368 e. The lowest BCUT2D eigenvalue weighted by molar-refractivity contribution is 0.0756. The summed E-state index contributed by atoms with van der Waals surface area (Å²) in [5.41, 5.74) is 2.20. The molecule has 2 fully saturated rings. The van der Waals surface area contributed by atoms with Gasteiger partial charge in [0.15, 0.2) is 0 Å². The molecule has 0 unspecified atom stereocenters. The zero-order chi connectivity index (χ0) is 19.3. The molecule has 2 aliphatic heterocycles. The quantitative estimate of drug-likeness (QED) is 0.814. The number of benzene rings is 1. The molecule has 3 heterocycles. The number of halogens is 1. The van der Waals surface area contributed by atoms with Gasteiger partial charge in [0.2, 0.25) is 0 Å². The number of rotatable bonds is 3. The summed E-state index contributed by atoms with van der Waals surface area (Å²) in [6, 6.07) is 10.8. The second-order valence-electron chi connectivity index (χ2n) is 7.53. The number of para-hydroxylation sites is 1. The molecule has 2 aromatic rings. The van der Waals surface area contributed by atoms with Gasteiger partial charge >= 0.3 is 0 Å². The van der Waals surface area contributed by atoms with E-state index in [0.29, 0.717) is 11.4 Å². The van der Waals surface area contributed by atoms with Gasteiger partial charge in [0.1, 0.15) is 11.5 Å². The van der Waals surface area contributed by atoms with Crippen molar-refractivity contribution in [1.29, 1.82) is 0 Å². The maximum Gasteiger partial charge on any atom is 0.272 e. The van der Waals surface area contributed by atoms with E-state index in [9.17, 15) is 9.18 Å². The number of aromatic nitrogens is 1. The highest BCUT2D eigenvalue weighted by Crippen LogP contribution is 2.23. The van der Waals surface area contributed by atoms with E-state index in [4.69, 9.17) is 0 Å². The topological polar surface area (TPSA) is 39.7 Å². The van der Waals surface area contributed by atoms with E-state index >= 15 is 0 Å². The van der Waals surface area contributed by atoms with Gasteiger partial charge in [-0.1, -0.05) is 25.0 Å². The summed E-state index contributed by atoms with van der Waals surface area (Å²) in [6.07, 6.45) is 6.27. The molecule has 0 spiro atoms. The summed E-state index contributed by atoms with van der Waals surface area (Å²) >= 11 is 0. The Balaban J connectivity index is 1.42. The van der Waals surface area contributed by atoms with Gasteiger partial charge in [-0.2, -0.15) is 0 Å². The predicted octanol–water partition coefficient (Wildman–Crippen LogP) is 3.56. The molecule has 4 rings (SSSR count). The van der Waals surface area contributed by atoms with Crippen molar-refractivity contribution in [2.45, 2.75) is 25.7 Å². The van der Waals surface area contributed by atoms with E-state index < -0.39 is 0 Å². The molecule has 1 aromatic carbocycles.